The lowest BCUT2D eigenvalue weighted by Crippen LogP contribution is -2.46. The zero-order valence-electron chi connectivity index (χ0n) is 12.9. The van der Waals surface area contributed by atoms with Gasteiger partial charge >= 0.3 is 0 Å². The van der Waals surface area contributed by atoms with Gasteiger partial charge in [-0.05, 0) is 38.5 Å². The topological polar surface area (TPSA) is 30.5 Å². The molecule has 112 valence electrons. The maximum absolute atomic E-state index is 6.58. The van der Waals surface area contributed by atoms with Crippen molar-refractivity contribution in [3.05, 3.63) is 0 Å². The summed E-state index contributed by atoms with van der Waals surface area (Å²) in [7, 11) is 1.83. The van der Waals surface area contributed by atoms with Gasteiger partial charge in [0.2, 0.25) is 0 Å². The smallest absolute Gasteiger partial charge is 0.0810 e. The minimum Gasteiger partial charge on any atom is -0.381 e. The van der Waals surface area contributed by atoms with E-state index in [0.29, 0.717) is 18.2 Å². The predicted molar refractivity (Wildman–Crippen MR) is 78.5 cm³/mol. The highest BCUT2D eigenvalue weighted by molar-refractivity contribution is 4.91. The fourth-order valence-corrected chi connectivity index (χ4v) is 3.52. The van der Waals surface area contributed by atoms with E-state index in [4.69, 9.17) is 9.47 Å². The molecule has 2 fully saturated rings. The van der Waals surface area contributed by atoms with Crippen LogP contribution in [0, 0.1) is 0 Å². The first kappa shape index (κ1) is 15.3. The van der Waals surface area contributed by atoms with Crippen molar-refractivity contribution in [2.75, 3.05) is 13.7 Å². The third-order valence-electron chi connectivity index (χ3n) is 4.68. The summed E-state index contributed by atoms with van der Waals surface area (Å²) >= 11 is 0. The molecule has 1 N–H and O–H groups in total. The van der Waals surface area contributed by atoms with Crippen LogP contribution >= 0.6 is 0 Å². The van der Waals surface area contributed by atoms with E-state index in [0.717, 1.165) is 13.0 Å². The Balaban J connectivity index is 1.88. The van der Waals surface area contributed by atoms with Gasteiger partial charge in [-0.1, -0.05) is 26.7 Å². The van der Waals surface area contributed by atoms with Crippen molar-refractivity contribution in [3.8, 4) is 0 Å². The van der Waals surface area contributed by atoms with E-state index in [-0.39, 0.29) is 5.60 Å². The lowest BCUT2D eigenvalue weighted by molar-refractivity contribution is -0.119. The number of rotatable bonds is 6. The van der Waals surface area contributed by atoms with E-state index in [1.165, 1.54) is 44.9 Å². The predicted octanol–water partition coefficient (Wildman–Crippen LogP) is 3.27. The maximum atomic E-state index is 6.58. The molecule has 0 heterocycles. The van der Waals surface area contributed by atoms with Crippen LogP contribution in [0.1, 0.15) is 65.2 Å². The summed E-state index contributed by atoms with van der Waals surface area (Å²) in [6.07, 6.45) is 10.6. The highest BCUT2D eigenvalue weighted by Crippen LogP contribution is 2.36. The quantitative estimate of drug-likeness (QED) is 0.803. The first-order valence-corrected chi connectivity index (χ1v) is 8.07. The summed E-state index contributed by atoms with van der Waals surface area (Å²) in [5, 5.41) is 3.59. The molecule has 0 amide bonds. The van der Waals surface area contributed by atoms with Crippen LogP contribution in [0.2, 0.25) is 0 Å². The number of ether oxygens (including phenoxy) is 2. The lowest BCUT2D eigenvalue weighted by atomic mass is 9.93. The summed E-state index contributed by atoms with van der Waals surface area (Å²) in [6.45, 7) is 5.44. The molecule has 2 rings (SSSR count). The zero-order chi connectivity index (χ0) is 13.7. The molecule has 3 heteroatoms. The Labute approximate surface area is 118 Å². The van der Waals surface area contributed by atoms with Crippen LogP contribution < -0.4 is 5.32 Å². The SMILES string of the molecule is COC1CCCC(OC2(CNC(C)C)CCCC2)C1. The van der Waals surface area contributed by atoms with E-state index in [1.54, 1.807) is 0 Å². The monoisotopic (exact) mass is 269 g/mol. The summed E-state index contributed by atoms with van der Waals surface area (Å²) in [5.41, 5.74) is 0.102. The van der Waals surface area contributed by atoms with Crippen LogP contribution in [0.3, 0.4) is 0 Å². The summed E-state index contributed by atoms with van der Waals surface area (Å²) in [5.74, 6) is 0. The first-order chi connectivity index (χ1) is 9.13. The molecule has 2 unspecified atom stereocenters. The molecule has 0 aromatic rings. The van der Waals surface area contributed by atoms with Crippen LogP contribution in [0.25, 0.3) is 0 Å². The molecule has 0 bridgehead atoms. The number of hydrogen-bond donors (Lipinski definition) is 1. The van der Waals surface area contributed by atoms with Gasteiger partial charge in [0.1, 0.15) is 0 Å². The molecule has 0 aromatic carbocycles. The number of hydrogen-bond acceptors (Lipinski definition) is 3. The van der Waals surface area contributed by atoms with Crippen molar-refractivity contribution in [1.82, 2.24) is 5.32 Å². The second-order valence-electron chi connectivity index (χ2n) is 6.69. The van der Waals surface area contributed by atoms with Crippen LogP contribution in [-0.2, 0) is 9.47 Å². The number of methoxy groups -OCH3 is 1. The second-order valence-corrected chi connectivity index (χ2v) is 6.69. The molecule has 0 aliphatic heterocycles. The minimum atomic E-state index is 0.102. The molecular weight excluding hydrogens is 238 g/mol. The van der Waals surface area contributed by atoms with Crippen LogP contribution in [0.5, 0.6) is 0 Å². The van der Waals surface area contributed by atoms with Crippen LogP contribution in [-0.4, -0.2) is 37.5 Å². The molecule has 0 radical (unpaired) electrons. The van der Waals surface area contributed by atoms with E-state index >= 15 is 0 Å². The standard InChI is InChI=1S/C16H31NO2/c1-13(2)17-12-16(9-4-5-10-16)19-15-8-6-7-14(11-15)18-3/h13-15,17H,4-12H2,1-3H3. The highest BCUT2D eigenvalue weighted by atomic mass is 16.5. The molecule has 0 aromatic heterocycles. The Morgan fingerprint density at radius 3 is 2.42 bits per heavy atom. The lowest BCUT2D eigenvalue weighted by Gasteiger charge is -2.38. The molecule has 2 aliphatic carbocycles. The van der Waals surface area contributed by atoms with Gasteiger partial charge in [0, 0.05) is 19.7 Å². The van der Waals surface area contributed by atoms with Crippen molar-refractivity contribution >= 4 is 0 Å². The molecule has 0 spiro atoms. The van der Waals surface area contributed by atoms with Gasteiger partial charge in [-0.25, -0.2) is 0 Å². The van der Waals surface area contributed by atoms with Gasteiger partial charge in [0.05, 0.1) is 17.8 Å². The molecule has 19 heavy (non-hydrogen) atoms. The number of nitrogens with one attached hydrogen (secondary N) is 1. The second kappa shape index (κ2) is 7.05. The van der Waals surface area contributed by atoms with E-state index in [2.05, 4.69) is 19.2 Å². The molecule has 2 aliphatic rings. The van der Waals surface area contributed by atoms with E-state index in [1.807, 2.05) is 7.11 Å². The van der Waals surface area contributed by atoms with Gasteiger partial charge in [0.15, 0.2) is 0 Å². The average Bonchev–Trinajstić information content (AvgIpc) is 2.86. The largest absolute Gasteiger partial charge is 0.381 e. The Morgan fingerprint density at radius 2 is 1.79 bits per heavy atom. The first-order valence-electron chi connectivity index (χ1n) is 8.07. The van der Waals surface area contributed by atoms with Gasteiger partial charge in [-0.3, -0.25) is 0 Å². The Hall–Kier alpha value is -0.120. The van der Waals surface area contributed by atoms with Crippen molar-refractivity contribution < 1.29 is 9.47 Å². The van der Waals surface area contributed by atoms with E-state index in [9.17, 15) is 0 Å². The van der Waals surface area contributed by atoms with Gasteiger partial charge in [-0.15, -0.1) is 0 Å². The van der Waals surface area contributed by atoms with Gasteiger partial charge < -0.3 is 14.8 Å². The molecular formula is C16H31NO2. The van der Waals surface area contributed by atoms with Crippen LogP contribution in [0.15, 0.2) is 0 Å². The third kappa shape index (κ3) is 4.44. The van der Waals surface area contributed by atoms with E-state index < -0.39 is 0 Å². The maximum Gasteiger partial charge on any atom is 0.0810 e. The highest BCUT2D eigenvalue weighted by Gasteiger charge is 2.38. The fraction of sp³-hybridized carbons (Fsp3) is 1.00. The Kier molecular flexibility index (Phi) is 5.67. The Bertz CT molecular complexity index is 261. The van der Waals surface area contributed by atoms with Gasteiger partial charge in [0.25, 0.3) is 0 Å². The van der Waals surface area contributed by atoms with Crippen molar-refractivity contribution in [2.24, 2.45) is 0 Å². The summed E-state index contributed by atoms with van der Waals surface area (Å²) in [4.78, 5) is 0. The summed E-state index contributed by atoms with van der Waals surface area (Å²) < 4.78 is 12.1. The van der Waals surface area contributed by atoms with Crippen molar-refractivity contribution in [1.29, 1.82) is 0 Å². The normalized spacial score (nSPS) is 30.9. The molecule has 2 atom stereocenters. The average molecular weight is 269 g/mol. The molecule has 2 saturated carbocycles. The third-order valence-corrected chi connectivity index (χ3v) is 4.68. The molecule has 0 saturated heterocycles. The van der Waals surface area contributed by atoms with Crippen LogP contribution in [0.4, 0.5) is 0 Å². The summed E-state index contributed by atoms with van der Waals surface area (Å²) in [6, 6.07) is 0.541. The van der Waals surface area contributed by atoms with Crippen molar-refractivity contribution in [2.45, 2.75) is 89.1 Å². The van der Waals surface area contributed by atoms with Gasteiger partial charge in [-0.2, -0.15) is 0 Å². The Morgan fingerprint density at radius 1 is 1.11 bits per heavy atom. The molecule has 3 nitrogen and oxygen atoms in total. The minimum absolute atomic E-state index is 0.102. The fourth-order valence-electron chi connectivity index (χ4n) is 3.52. The van der Waals surface area contributed by atoms with Crippen molar-refractivity contribution in [3.63, 3.8) is 0 Å². The zero-order valence-corrected chi connectivity index (χ0v) is 12.9.